The Bertz CT molecular complexity index is 1200. The molecule has 0 unspecified atom stereocenters. The molecule has 0 radical (unpaired) electrons. The topological polar surface area (TPSA) is 103 Å². The first-order chi connectivity index (χ1) is 19.1. The maximum atomic E-state index is 15.1. The Hall–Kier alpha value is -3.54. The zero-order chi connectivity index (χ0) is 28.9. The second-order valence-electron chi connectivity index (χ2n) is 10.6. The van der Waals surface area contributed by atoms with Crippen LogP contribution in [0.4, 0.5) is 31.9 Å². The summed E-state index contributed by atoms with van der Waals surface area (Å²) in [6.45, 7) is 2.68. The van der Waals surface area contributed by atoms with Crippen molar-refractivity contribution in [3.8, 4) is 5.75 Å². The molecule has 10 nitrogen and oxygen atoms in total. The quantitative estimate of drug-likeness (QED) is 0.398. The van der Waals surface area contributed by atoms with E-state index in [-0.39, 0.29) is 30.1 Å². The number of ether oxygens (including phenoxy) is 1. The minimum atomic E-state index is -3.54. The molecule has 2 N–H and O–H groups in total. The summed E-state index contributed by atoms with van der Waals surface area (Å²) in [7, 11) is 5.46. The van der Waals surface area contributed by atoms with Gasteiger partial charge in [0.15, 0.2) is 5.82 Å². The van der Waals surface area contributed by atoms with Crippen LogP contribution < -0.4 is 25.2 Å². The molecule has 0 bridgehead atoms. The fraction of sp³-hybridized carbons (Fsp3) is 0.571. The van der Waals surface area contributed by atoms with Crippen molar-refractivity contribution in [2.24, 2.45) is 0 Å². The van der Waals surface area contributed by atoms with Crippen LogP contribution in [0.2, 0.25) is 0 Å². The van der Waals surface area contributed by atoms with Crippen LogP contribution in [0.3, 0.4) is 0 Å². The summed E-state index contributed by atoms with van der Waals surface area (Å²) in [5.41, 5.74) is 1.24. The molecule has 218 valence electrons. The zero-order valence-corrected chi connectivity index (χ0v) is 23.7. The zero-order valence-electron chi connectivity index (χ0n) is 23.7. The van der Waals surface area contributed by atoms with Gasteiger partial charge in [-0.1, -0.05) is 19.8 Å². The molecule has 1 fully saturated rings. The first-order valence-corrected chi connectivity index (χ1v) is 13.9. The van der Waals surface area contributed by atoms with Crippen LogP contribution in [0.15, 0.2) is 24.4 Å². The van der Waals surface area contributed by atoms with Crippen molar-refractivity contribution in [2.45, 2.75) is 57.4 Å². The first-order valence-electron chi connectivity index (χ1n) is 13.9. The molecule has 0 atom stereocenters. The number of carbonyl (C=O) groups is 2. The normalized spacial score (nSPS) is 17.1. The lowest BCUT2D eigenvalue weighted by Crippen LogP contribution is -2.49. The number of carbonyl (C=O) groups excluding carboxylic acids is 2. The maximum Gasteiger partial charge on any atom is 0.342 e. The molecule has 2 aliphatic rings. The number of methoxy groups -OCH3 is 1. The van der Waals surface area contributed by atoms with Crippen LogP contribution >= 0.6 is 0 Å². The number of amides is 2. The number of fused-ring (bicyclic) bond motifs is 1. The van der Waals surface area contributed by atoms with E-state index in [0.717, 1.165) is 43.5 Å². The molecule has 40 heavy (non-hydrogen) atoms. The van der Waals surface area contributed by atoms with Crippen molar-refractivity contribution in [2.75, 3.05) is 62.5 Å². The lowest BCUT2D eigenvalue weighted by molar-refractivity contribution is -0.141. The maximum absolute atomic E-state index is 15.1. The molecule has 12 heteroatoms. The van der Waals surface area contributed by atoms with Gasteiger partial charge in [0, 0.05) is 24.7 Å². The summed E-state index contributed by atoms with van der Waals surface area (Å²) in [6.07, 6.45) is 6.18. The highest BCUT2D eigenvalue weighted by Gasteiger charge is 2.49. The third-order valence-corrected chi connectivity index (χ3v) is 7.23. The lowest BCUT2D eigenvalue weighted by Gasteiger charge is -2.31. The molecule has 2 amide bonds. The van der Waals surface area contributed by atoms with Crippen LogP contribution in [0, 0.1) is 0 Å². The summed E-state index contributed by atoms with van der Waals surface area (Å²) in [6, 6.07) is 4.85. The number of halogens is 2. The van der Waals surface area contributed by atoms with Crippen molar-refractivity contribution < 1.29 is 23.1 Å². The smallest absolute Gasteiger partial charge is 0.342 e. The molecule has 0 saturated heterocycles. The standard InChI is InChI=1S/C28H39F2N7O3/c1-5-14-36-22-17-32-27(34-24(22)37(20-9-6-7-10-20)18-28(29,30)26(36)39)33-21-12-11-19(16-23(21)40-4)25(38)31-13-8-15-35(2)3/h11-12,16-17,20H,5-10,13-15,18H2,1-4H3,(H,31,38)(H,32,33,34). The van der Waals surface area contributed by atoms with Gasteiger partial charge < -0.3 is 30.1 Å². The molecule has 4 rings (SSSR count). The Balaban J connectivity index is 1.61. The first kappa shape index (κ1) is 29.4. The summed E-state index contributed by atoms with van der Waals surface area (Å²) < 4.78 is 35.8. The molecule has 0 spiro atoms. The number of rotatable bonds is 11. The molecule has 2 aromatic rings. The largest absolute Gasteiger partial charge is 0.495 e. The fourth-order valence-electron chi connectivity index (χ4n) is 5.21. The van der Waals surface area contributed by atoms with Crippen LogP contribution in [-0.2, 0) is 4.79 Å². The fourth-order valence-corrected chi connectivity index (χ4v) is 5.21. The number of hydrogen-bond donors (Lipinski definition) is 2. The van der Waals surface area contributed by atoms with Gasteiger partial charge in [-0.2, -0.15) is 13.8 Å². The third-order valence-electron chi connectivity index (χ3n) is 7.23. The van der Waals surface area contributed by atoms with Gasteiger partial charge in [-0.25, -0.2) is 4.98 Å². The predicted octanol–water partition coefficient (Wildman–Crippen LogP) is 4.05. The van der Waals surface area contributed by atoms with E-state index in [0.29, 0.717) is 35.8 Å². The lowest BCUT2D eigenvalue weighted by atomic mass is 10.1. The highest BCUT2D eigenvalue weighted by molar-refractivity contribution is 6.02. The van der Waals surface area contributed by atoms with E-state index >= 15 is 8.78 Å². The molecule has 1 aromatic heterocycles. The van der Waals surface area contributed by atoms with Gasteiger partial charge in [0.25, 0.3) is 11.8 Å². The van der Waals surface area contributed by atoms with E-state index in [2.05, 4.69) is 25.5 Å². The number of nitrogens with zero attached hydrogens (tertiary/aromatic N) is 5. The summed E-state index contributed by atoms with van der Waals surface area (Å²) >= 11 is 0. The Labute approximate surface area is 234 Å². The van der Waals surface area contributed by atoms with E-state index in [9.17, 15) is 9.59 Å². The molecular weight excluding hydrogens is 520 g/mol. The molecule has 1 aliphatic heterocycles. The minimum absolute atomic E-state index is 0.133. The van der Waals surface area contributed by atoms with Gasteiger partial charge in [0.2, 0.25) is 5.95 Å². The molecule has 2 heterocycles. The number of hydrogen-bond acceptors (Lipinski definition) is 8. The van der Waals surface area contributed by atoms with Crippen molar-refractivity contribution in [1.29, 1.82) is 0 Å². The highest BCUT2D eigenvalue weighted by Crippen LogP contribution is 2.40. The Morgan fingerprint density at radius 2 is 2.00 bits per heavy atom. The Morgan fingerprint density at radius 1 is 1.25 bits per heavy atom. The second-order valence-corrected chi connectivity index (χ2v) is 10.6. The SMILES string of the molecule is CCCN1C(=O)C(F)(F)CN(C2CCCC2)c2nc(Nc3ccc(C(=O)NCCCN(C)C)cc3OC)ncc21. The molecule has 1 aromatic carbocycles. The minimum Gasteiger partial charge on any atom is -0.495 e. The predicted molar refractivity (Wildman–Crippen MR) is 151 cm³/mol. The monoisotopic (exact) mass is 559 g/mol. The Morgan fingerprint density at radius 3 is 2.67 bits per heavy atom. The van der Waals surface area contributed by atoms with Crippen LogP contribution in [0.1, 0.15) is 55.8 Å². The van der Waals surface area contributed by atoms with Crippen molar-refractivity contribution in [1.82, 2.24) is 20.2 Å². The molecular formula is C28H39F2N7O3. The molecule has 1 saturated carbocycles. The van der Waals surface area contributed by atoms with Gasteiger partial charge in [-0.05, 0) is 64.5 Å². The van der Waals surface area contributed by atoms with E-state index in [4.69, 9.17) is 4.74 Å². The van der Waals surface area contributed by atoms with Crippen LogP contribution in [0.25, 0.3) is 0 Å². The number of benzene rings is 1. The molecule has 1 aliphatic carbocycles. The number of alkyl halides is 2. The van der Waals surface area contributed by atoms with Gasteiger partial charge in [0.1, 0.15) is 11.4 Å². The van der Waals surface area contributed by atoms with Crippen LogP contribution in [-0.4, -0.2) is 86.0 Å². The highest BCUT2D eigenvalue weighted by atomic mass is 19.3. The van der Waals surface area contributed by atoms with Crippen molar-refractivity contribution in [3.63, 3.8) is 0 Å². The number of aromatic nitrogens is 2. The van der Waals surface area contributed by atoms with Gasteiger partial charge in [-0.15, -0.1) is 0 Å². The van der Waals surface area contributed by atoms with Gasteiger partial charge in [0.05, 0.1) is 25.5 Å². The number of nitrogens with one attached hydrogen (secondary N) is 2. The van der Waals surface area contributed by atoms with Crippen molar-refractivity contribution >= 4 is 35.0 Å². The van der Waals surface area contributed by atoms with Crippen molar-refractivity contribution in [3.05, 3.63) is 30.0 Å². The van der Waals surface area contributed by atoms with E-state index in [1.807, 2.05) is 21.0 Å². The van der Waals surface area contributed by atoms with Crippen LogP contribution in [0.5, 0.6) is 5.75 Å². The summed E-state index contributed by atoms with van der Waals surface area (Å²) in [5, 5.41) is 6.02. The average molecular weight is 560 g/mol. The third kappa shape index (κ3) is 6.60. The number of anilines is 4. The Kier molecular flexibility index (Phi) is 9.39. The van der Waals surface area contributed by atoms with E-state index in [1.165, 1.54) is 13.3 Å². The van der Waals surface area contributed by atoms with Gasteiger partial charge in [-0.3, -0.25) is 9.59 Å². The van der Waals surface area contributed by atoms with Gasteiger partial charge >= 0.3 is 5.92 Å². The van der Waals surface area contributed by atoms with E-state index < -0.39 is 18.4 Å². The summed E-state index contributed by atoms with van der Waals surface area (Å²) in [4.78, 5) is 39.3. The van der Waals surface area contributed by atoms with E-state index in [1.54, 1.807) is 23.1 Å². The second kappa shape index (κ2) is 12.8. The average Bonchev–Trinajstić information content (AvgIpc) is 3.45. The summed E-state index contributed by atoms with van der Waals surface area (Å²) in [5.74, 6) is -4.08.